The van der Waals surface area contributed by atoms with Gasteiger partial charge in [0.05, 0.1) is 11.3 Å². The summed E-state index contributed by atoms with van der Waals surface area (Å²) in [5.74, 6) is -1.94. The molecule has 6 heteroatoms. The highest BCUT2D eigenvalue weighted by Crippen LogP contribution is 2.20. The molecule has 102 valence electrons. The molecule has 0 heterocycles. The Kier molecular flexibility index (Phi) is 3.95. The molecule has 0 saturated heterocycles. The highest BCUT2D eigenvalue weighted by molar-refractivity contribution is 5.99. The number of carboxylic acid groups (broad SMARTS) is 1. The Hall–Kier alpha value is -2.89. The van der Waals surface area contributed by atoms with Crippen molar-refractivity contribution in [1.82, 2.24) is 0 Å². The van der Waals surface area contributed by atoms with E-state index in [1.807, 2.05) is 0 Å². The van der Waals surface area contributed by atoms with E-state index in [0.29, 0.717) is 0 Å². The molecule has 20 heavy (non-hydrogen) atoms. The van der Waals surface area contributed by atoms with E-state index in [9.17, 15) is 14.0 Å². The molecule has 0 saturated carbocycles. The van der Waals surface area contributed by atoms with E-state index in [4.69, 9.17) is 9.84 Å². The van der Waals surface area contributed by atoms with Gasteiger partial charge in [0.1, 0.15) is 11.6 Å². The van der Waals surface area contributed by atoms with Crippen LogP contribution in [0.3, 0.4) is 0 Å². The summed E-state index contributed by atoms with van der Waals surface area (Å²) >= 11 is 0. The molecule has 0 aromatic heterocycles. The van der Waals surface area contributed by atoms with Gasteiger partial charge in [-0.1, -0.05) is 24.3 Å². The van der Waals surface area contributed by atoms with Gasteiger partial charge in [0.15, 0.2) is 0 Å². The maximum Gasteiger partial charge on any atom is 0.417 e. The van der Waals surface area contributed by atoms with Gasteiger partial charge in [-0.3, -0.25) is 5.32 Å². The predicted molar refractivity (Wildman–Crippen MR) is 69.4 cm³/mol. The second kappa shape index (κ2) is 5.83. The number of aromatic carboxylic acids is 1. The third-order valence-electron chi connectivity index (χ3n) is 2.42. The summed E-state index contributed by atoms with van der Waals surface area (Å²) in [6, 6.07) is 11.6. The van der Waals surface area contributed by atoms with Crippen LogP contribution >= 0.6 is 0 Å². The summed E-state index contributed by atoms with van der Waals surface area (Å²) < 4.78 is 18.5. The standard InChI is InChI=1S/C14H10FNO4/c15-11-8-4-7-10(13(17)18)12(11)16-14(19)20-9-5-2-1-3-6-9/h1-8H,(H,16,19)(H,17,18). The number of nitrogens with one attached hydrogen (secondary N) is 1. The first-order chi connectivity index (χ1) is 9.58. The van der Waals surface area contributed by atoms with Crippen LogP contribution in [0.1, 0.15) is 10.4 Å². The molecule has 0 aliphatic carbocycles. The number of hydrogen-bond acceptors (Lipinski definition) is 3. The zero-order chi connectivity index (χ0) is 14.5. The van der Waals surface area contributed by atoms with Crippen LogP contribution < -0.4 is 10.1 Å². The van der Waals surface area contributed by atoms with Crippen molar-refractivity contribution >= 4 is 17.7 Å². The number of carbonyl (C=O) groups excluding carboxylic acids is 1. The fraction of sp³-hybridized carbons (Fsp3) is 0. The van der Waals surface area contributed by atoms with Gasteiger partial charge in [0.25, 0.3) is 0 Å². The van der Waals surface area contributed by atoms with Gasteiger partial charge >= 0.3 is 12.1 Å². The molecule has 0 spiro atoms. The molecule has 0 fully saturated rings. The van der Waals surface area contributed by atoms with Crippen LogP contribution in [-0.2, 0) is 0 Å². The van der Waals surface area contributed by atoms with Crippen LogP contribution in [0.2, 0.25) is 0 Å². The largest absolute Gasteiger partial charge is 0.478 e. The molecule has 2 N–H and O–H groups in total. The van der Waals surface area contributed by atoms with E-state index in [2.05, 4.69) is 5.32 Å². The minimum absolute atomic E-state index is 0.262. The number of carbonyl (C=O) groups is 2. The fourth-order valence-electron chi connectivity index (χ4n) is 1.55. The van der Waals surface area contributed by atoms with Crippen LogP contribution in [0.25, 0.3) is 0 Å². The Labute approximate surface area is 113 Å². The summed E-state index contributed by atoms with van der Waals surface area (Å²) in [6.45, 7) is 0. The van der Waals surface area contributed by atoms with E-state index >= 15 is 0 Å². The first kappa shape index (κ1) is 13.5. The lowest BCUT2D eigenvalue weighted by Gasteiger charge is -2.09. The Morgan fingerprint density at radius 2 is 1.75 bits per heavy atom. The van der Waals surface area contributed by atoms with Crippen LogP contribution in [0.15, 0.2) is 48.5 Å². The molecule has 0 aliphatic heterocycles. The lowest BCUT2D eigenvalue weighted by atomic mass is 10.1. The van der Waals surface area contributed by atoms with Gasteiger partial charge in [0, 0.05) is 0 Å². The number of anilines is 1. The number of halogens is 1. The zero-order valence-corrected chi connectivity index (χ0v) is 10.2. The second-order valence-electron chi connectivity index (χ2n) is 3.80. The van der Waals surface area contributed by atoms with Crippen molar-refractivity contribution in [1.29, 1.82) is 0 Å². The predicted octanol–water partition coefficient (Wildman–Crippen LogP) is 3.13. The first-order valence-electron chi connectivity index (χ1n) is 5.63. The summed E-state index contributed by atoms with van der Waals surface area (Å²) in [6.07, 6.45) is -0.969. The highest BCUT2D eigenvalue weighted by Gasteiger charge is 2.17. The van der Waals surface area contributed by atoms with Crippen LogP contribution in [-0.4, -0.2) is 17.2 Å². The Bertz CT molecular complexity index is 643. The van der Waals surface area contributed by atoms with Crippen LogP contribution in [0.4, 0.5) is 14.9 Å². The maximum absolute atomic E-state index is 13.6. The Morgan fingerprint density at radius 3 is 2.40 bits per heavy atom. The molecule has 1 amide bonds. The molecule has 0 unspecified atom stereocenters. The highest BCUT2D eigenvalue weighted by atomic mass is 19.1. The normalized spacial score (nSPS) is 9.85. The smallest absolute Gasteiger partial charge is 0.417 e. The fourth-order valence-corrected chi connectivity index (χ4v) is 1.55. The van der Waals surface area contributed by atoms with Crippen molar-refractivity contribution in [2.45, 2.75) is 0 Å². The molecule has 2 aromatic carbocycles. The van der Waals surface area contributed by atoms with Crippen molar-refractivity contribution in [2.24, 2.45) is 0 Å². The van der Waals surface area contributed by atoms with E-state index in [1.54, 1.807) is 30.3 Å². The maximum atomic E-state index is 13.6. The van der Waals surface area contributed by atoms with E-state index in [0.717, 1.165) is 6.07 Å². The van der Waals surface area contributed by atoms with Gasteiger partial charge in [-0.15, -0.1) is 0 Å². The summed E-state index contributed by atoms with van der Waals surface area (Å²) in [4.78, 5) is 22.6. The molecular weight excluding hydrogens is 265 g/mol. The SMILES string of the molecule is O=C(Nc1c(F)cccc1C(=O)O)Oc1ccccc1. The summed E-state index contributed by atoms with van der Waals surface area (Å²) in [5, 5.41) is 11.0. The van der Waals surface area contributed by atoms with Gasteiger partial charge < -0.3 is 9.84 Å². The van der Waals surface area contributed by atoms with Gasteiger partial charge in [-0.05, 0) is 24.3 Å². The number of amides is 1. The lowest BCUT2D eigenvalue weighted by molar-refractivity contribution is 0.0697. The van der Waals surface area contributed by atoms with Gasteiger partial charge in [-0.25, -0.2) is 14.0 Å². The molecule has 5 nitrogen and oxygen atoms in total. The second-order valence-corrected chi connectivity index (χ2v) is 3.80. The zero-order valence-electron chi connectivity index (χ0n) is 10.2. The summed E-state index contributed by atoms with van der Waals surface area (Å²) in [7, 11) is 0. The molecule has 2 rings (SSSR count). The van der Waals surface area contributed by atoms with E-state index < -0.39 is 23.6 Å². The minimum atomic E-state index is -1.35. The quantitative estimate of drug-likeness (QED) is 0.902. The Morgan fingerprint density at radius 1 is 1.05 bits per heavy atom. The van der Waals surface area contributed by atoms with Crippen molar-refractivity contribution in [3.63, 3.8) is 0 Å². The number of carboxylic acids is 1. The first-order valence-corrected chi connectivity index (χ1v) is 5.63. The molecule has 0 aliphatic rings. The average molecular weight is 275 g/mol. The third-order valence-corrected chi connectivity index (χ3v) is 2.42. The van der Waals surface area contributed by atoms with Crippen LogP contribution in [0.5, 0.6) is 5.75 Å². The third kappa shape index (κ3) is 3.11. The number of para-hydroxylation sites is 2. The molecular formula is C14H10FNO4. The number of benzene rings is 2. The minimum Gasteiger partial charge on any atom is -0.478 e. The van der Waals surface area contributed by atoms with Crippen LogP contribution in [0, 0.1) is 5.82 Å². The Balaban J connectivity index is 2.18. The molecule has 2 aromatic rings. The van der Waals surface area contributed by atoms with Crippen molar-refractivity contribution in [3.8, 4) is 5.75 Å². The van der Waals surface area contributed by atoms with E-state index in [1.165, 1.54) is 12.1 Å². The molecule has 0 radical (unpaired) electrons. The van der Waals surface area contributed by atoms with Crippen molar-refractivity contribution in [2.75, 3.05) is 5.32 Å². The van der Waals surface area contributed by atoms with Crippen molar-refractivity contribution < 1.29 is 23.8 Å². The molecule has 0 bridgehead atoms. The van der Waals surface area contributed by atoms with Crippen molar-refractivity contribution in [3.05, 3.63) is 59.9 Å². The number of ether oxygens (including phenoxy) is 1. The topological polar surface area (TPSA) is 75.6 Å². The summed E-state index contributed by atoms with van der Waals surface area (Å²) in [5.41, 5.74) is -0.782. The van der Waals surface area contributed by atoms with Gasteiger partial charge in [0.2, 0.25) is 0 Å². The monoisotopic (exact) mass is 275 g/mol. The average Bonchev–Trinajstić information content (AvgIpc) is 2.42. The number of rotatable bonds is 3. The van der Waals surface area contributed by atoms with Gasteiger partial charge in [-0.2, -0.15) is 0 Å². The number of hydrogen-bond donors (Lipinski definition) is 2. The van der Waals surface area contributed by atoms with E-state index in [-0.39, 0.29) is 11.3 Å². The lowest BCUT2D eigenvalue weighted by Crippen LogP contribution is -2.19. The molecule has 0 atom stereocenters.